The van der Waals surface area contributed by atoms with Gasteiger partial charge in [-0.2, -0.15) is 0 Å². The van der Waals surface area contributed by atoms with Crippen molar-refractivity contribution in [2.24, 2.45) is 0 Å². The van der Waals surface area contributed by atoms with E-state index in [0.29, 0.717) is 6.61 Å². The van der Waals surface area contributed by atoms with E-state index in [4.69, 9.17) is 9.84 Å². The number of fused-ring (bicyclic) bond motifs is 2. The first-order chi connectivity index (χ1) is 13.1. The molecule has 27 heavy (non-hydrogen) atoms. The molecule has 0 saturated carbocycles. The van der Waals surface area contributed by atoms with E-state index >= 15 is 0 Å². The number of likely N-dealkylation sites (tertiary alicyclic amines) is 1. The number of carboxylic acid groups (broad SMARTS) is 1. The van der Waals surface area contributed by atoms with Crippen molar-refractivity contribution in [1.29, 1.82) is 0 Å². The number of hydrogen-bond acceptors (Lipinski definition) is 3. The number of hydrogen-bond donors (Lipinski definition) is 1. The lowest BCUT2D eigenvalue weighted by Gasteiger charge is -2.27. The quantitative estimate of drug-likeness (QED) is 0.815. The smallest absolute Gasteiger partial charge is 0.328 e. The van der Waals surface area contributed by atoms with Crippen molar-refractivity contribution < 1.29 is 14.6 Å². The van der Waals surface area contributed by atoms with Gasteiger partial charge in [-0.3, -0.25) is 0 Å². The van der Waals surface area contributed by atoms with Gasteiger partial charge in [0.15, 0.2) is 0 Å². The van der Waals surface area contributed by atoms with Gasteiger partial charge in [-0.15, -0.1) is 0 Å². The number of carboxylic acids is 1. The molecule has 0 amide bonds. The molecule has 4 nitrogen and oxygen atoms in total. The first kappa shape index (κ1) is 17.6. The van der Waals surface area contributed by atoms with E-state index in [1.165, 1.54) is 22.3 Å². The lowest BCUT2D eigenvalue weighted by Crippen LogP contribution is -2.27. The summed E-state index contributed by atoms with van der Waals surface area (Å²) in [7, 11) is 2.17. The van der Waals surface area contributed by atoms with Gasteiger partial charge in [0.25, 0.3) is 0 Å². The van der Waals surface area contributed by atoms with Crippen LogP contribution in [0.4, 0.5) is 0 Å². The van der Waals surface area contributed by atoms with E-state index in [2.05, 4.69) is 42.3 Å². The second-order valence-corrected chi connectivity index (χ2v) is 7.15. The average molecular weight is 361 g/mol. The maximum atomic E-state index is 10.8. The van der Waals surface area contributed by atoms with E-state index < -0.39 is 5.97 Å². The zero-order chi connectivity index (χ0) is 18.8. The lowest BCUT2D eigenvalue weighted by atomic mass is 9.86. The number of aliphatic carboxylic acids is 1. The standard InChI is InChI=1S/C23H23NO3/c1-24-12-10-17(11-13-24)23-19-5-3-2-4-18(19)15-27-21-14-16(6-8-20(21)23)7-9-22(25)26/h2-9,14H,10-13,15H2,1H3,(H,25,26). The first-order valence-corrected chi connectivity index (χ1v) is 9.29. The van der Waals surface area contributed by atoms with Crippen LogP contribution in [0.3, 0.4) is 0 Å². The molecule has 0 radical (unpaired) electrons. The monoisotopic (exact) mass is 361 g/mol. The Morgan fingerprint density at radius 1 is 1.11 bits per heavy atom. The summed E-state index contributed by atoms with van der Waals surface area (Å²) in [6, 6.07) is 14.4. The van der Waals surface area contributed by atoms with Crippen LogP contribution in [0.15, 0.2) is 54.1 Å². The molecule has 0 unspecified atom stereocenters. The van der Waals surface area contributed by atoms with Gasteiger partial charge >= 0.3 is 5.97 Å². The lowest BCUT2D eigenvalue weighted by molar-refractivity contribution is -0.131. The second-order valence-electron chi connectivity index (χ2n) is 7.15. The Labute approximate surface area is 159 Å². The molecule has 2 aromatic carbocycles. The van der Waals surface area contributed by atoms with Gasteiger partial charge in [0.05, 0.1) is 0 Å². The summed E-state index contributed by atoms with van der Waals surface area (Å²) in [5, 5.41) is 8.88. The largest absolute Gasteiger partial charge is 0.488 e. The zero-order valence-electron chi connectivity index (χ0n) is 15.4. The molecular weight excluding hydrogens is 338 g/mol. The Hall–Kier alpha value is -2.85. The highest BCUT2D eigenvalue weighted by Crippen LogP contribution is 2.41. The molecule has 0 aromatic heterocycles. The van der Waals surface area contributed by atoms with Crippen molar-refractivity contribution >= 4 is 17.6 Å². The fourth-order valence-corrected chi connectivity index (χ4v) is 3.85. The van der Waals surface area contributed by atoms with Crippen molar-refractivity contribution in [2.45, 2.75) is 19.4 Å². The maximum Gasteiger partial charge on any atom is 0.328 e. The minimum atomic E-state index is -0.951. The van der Waals surface area contributed by atoms with Crippen molar-refractivity contribution in [3.05, 3.63) is 76.4 Å². The van der Waals surface area contributed by atoms with E-state index in [1.807, 2.05) is 12.1 Å². The van der Waals surface area contributed by atoms with E-state index in [-0.39, 0.29) is 0 Å². The molecule has 4 heteroatoms. The molecule has 4 rings (SSSR count). The van der Waals surface area contributed by atoms with Gasteiger partial charge in [0, 0.05) is 24.7 Å². The fraction of sp³-hybridized carbons (Fsp3) is 0.261. The molecular formula is C23H23NO3. The summed E-state index contributed by atoms with van der Waals surface area (Å²) in [5.74, 6) is -0.132. The predicted octanol–water partition coefficient (Wildman–Crippen LogP) is 4.20. The van der Waals surface area contributed by atoms with Gasteiger partial charge in [0.2, 0.25) is 0 Å². The van der Waals surface area contributed by atoms with Crippen LogP contribution in [0, 0.1) is 0 Å². The molecule has 1 N–H and O–H groups in total. The fourth-order valence-electron chi connectivity index (χ4n) is 3.85. The molecule has 0 bridgehead atoms. The third-order valence-corrected chi connectivity index (χ3v) is 5.31. The Balaban J connectivity index is 1.85. The highest BCUT2D eigenvalue weighted by Gasteiger charge is 2.24. The Morgan fingerprint density at radius 3 is 2.67 bits per heavy atom. The predicted molar refractivity (Wildman–Crippen MR) is 107 cm³/mol. The maximum absolute atomic E-state index is 10.8. The highest BCUT2D eigenvalue weighted by atomic mass is 16.5. The average Bonchev–Trinajstić information content (AvgIpc) is 2.84. The van der Waals surface area contributed by atoms with Gasteiger partial charge < -0.3 is 14.7 Å². The van der Waals surface area contributed by atoms with E-state index in [1.54, 1.807) is 6.08 Å². The third kappa shape index (κ3) is 3.67. The van der Waals surface area contributed by atoms with Crippen LogP contribution in [-0.4, -0.2) is 36.1 Å². The van der Waals surface area contributed by atoms with Gasteiger partial charge in [-0.05, 0) is 54.3 Å². The third-order valence-electron chi connectivity index (χ3n) is 5.31. The summed E-state index contributed by atoms with van der Waals surface area (Å²) < 4.78 is 6.14. The number of carbonyl (C=O) groups is 1. The van der Waals surface area contributed by atoms with Crippen molar-refractivity contribution in [1.82, 2.24) is 4.90 Å². The molecule has 2 heterocycles. The molecule has 138 valence electrons. The summed E-state index contributed by atoms with van der Waals surface area (Å²) in [6.07, 6.45) is 4.87. The summed E-state index contributed by atoms with van der Waals surface area (Å²) in [4.78, 5) is 13.2. The van der Waals surface area contributed by atoms with Gasteiger partial charge in [-0.1, -0.05) is 42.0 Å². The van der Waals surface area contributed by atoms with E-state index in [0.717, 1.165) is 48.9 Å². The van der Waals surface area contributed by atoms with Crippen LogP contribution in [0.5, 0.6) is 5.75 Å². The van der Waals surface area contributed by atoms with Crippen molar-refractivity contribution in [3.8, 4) is 5.75 Å². The number of nitrogens with zero attached hydrogens (tertiary/aromatic N) is 1. The molecule has 2 aliphatic rings. The molecule has 0 spiro atoms. The Bertz CT molecular complexity index is 932. The van der Waals surface area contributed by atoms with Crippen LogP contribution in [0.2, 0.25) is 0 Å². The van der Waals surface area contributed by atoms with E-state index in [9.17, 15) is 4.79 Å². The van der Waals surface area contributed by atoms with Crippen molar-refractivity contribution in [2.75, 3.05) is 20.1 Å². The molecule has 0 aliphatic carbocycles. The highest BCUT2D eigenvalue weighted by molar-refractivity contribution is 5.89. The topological polar surface area (TPSA) is 49.8 Å². The normalized spacial score (nSPS) is 17.2. The summed E-state index contributed by atoms with van der Waals surface area (Å²) >= 11 is 0. The first-order valence-electron chi connectivity index (χ1n) is 9.29. The zero-order valence-corrected chi connectivity index (χ0v) is 15.4. The van der Waals surface area contributed by atoms with Crippen LogP contribution in [0.1, 0.15) is 35.1 Å². The number of piperidine rings is 1. The SMILES string of the molecule is CN1CCC(=C2c3ccccc3COc3cc(C=CC(=O)O)ccc32)CC1. The molecule has 1 fully saturated rings. The Kier molecular flexibility index (Phi) is 4.82. The van der Waals surface area contributed by atoms with Crippen molar-refractivity contribution in [3.63, 3.8) is 0 Å². The summed E-state index contributed by atoms with van der Waals surface area (Å²) in [6.45, 7) is 2.65. The van der Waals surface area contributed by atoms with Crippen LogP contribution in [0.25, 0.3) is 11.6 Å². The van der Waals surface area contributed by atoms with Gasteiger partial charge in [0.1, 0.15) is 12.4 Å². The molecule has 1 saturated heterocycles. The molecule has 0 atom stereocenters. The number of ether oxygens (including phenoxy) is 1. The van der Waals surface area contributed by atoms with Crippen LogP contribution >= 0.6 is 0 Å². The minimum Gasteiger partial charge on any atom is -0.488 e. The summed E-state index contributed by atoms with van der Waals surface area (Å²) in [5.41, 5.74) is 7.14. The van der Waals surface area contributed by atoms with Crippen LogP contribution in [-0.2, 0) is 11.4 Å². The number of rotatable bonds is 2. The second kappa shape index (κ2) is 7.41. The Morgan fingerprint density at radius 2 is 1.89 bits per heavy atom. The molecule has 2 aliphatic heterocycles. The number of benzene rings is 2. The van der Waals surface area contributed by atoms with Gasteiger partial charge in [-0.25, -0.2) is 4.79 Å². The minimum absolute atomic E-state index is 0.520. The van der Waals surface area contributed by atoms with Crippen LogP contribution < -0.4 is 4.74 Å². The molecule has 2 aromatic rings.